The van der Waals surface area contributed by atoms with E-state index in [2.05, 4.69) is 5.32 Å². The van der Waals surface area contributed by atoms with Crippen LogP contribution in [-0.4, -0.2) is 36.4 Å². The molecule has 1 aromatic carbocycles. The van der Waals surface area contributed by atoms with Gasteiger partial charge in [-0.2, -0.15) is 0 Å². The topological polar surface area (TPSA) is 58.6 Å². The highest BCUT2D eigenvalue weighted by molar-refractivity contribution is 5.95. The van der Waals surface area contributed by atoms with Crippen molar-refractivity contribution in [2.45, 2.75) is 25.3 Å². The third kappa shape index (κ3) is 3.11. The van der Waals surface area contributed by atoms with Crippen molar-refractivity contribution in [3.05, 3.63) is 35.1 Å². The summed E-state index contributed by atoms with van der Waals surface area (Å²) >= 11 is 0. The number of benzene rings is 1. The summed E-state index contributed by atoms with van der Waals surface area (Å²) in [5, 5.41) is 12.3. The number of ether oxygens (including phenoxy) is 1. The first-order chi connectivity index (χ1) is 9.06. The Bertz CT molecular complexity index is 470. The van der Waals surface area contributed by atoms with Crippen molar-refractivity contribution in [1.82, 2.24) is 5.32 Å². The van der Waals surface area contributed by atoms with E-state index < -0.39 is 17.3 Å². The molecule has 0 unspecified atom stereocenters. The molecular formula is C14H18FNO3. The number of amides is 1. The molecule has 0 saturated carbocycles. The van der Waals surface area contributed by atoms with Gasteiger partial charge in [0.1, 0.15) is 5.82 Å². The van der Waals surface area contributed by atoms with Gasteiger partial charge in [-0.25, -0.2) is 4.39 Å². The molecule has 2 N–H and O–H groups in total. The van der Waals surface area contributed by atoms with E-state index in [1.54, 1.807) is 13.0 Å². The molecule has 1 aromatic rings. The third-order valence-corrected chi connectivity index (χ3v) is 3.50. The van der Waals surface area contributed by atoms with Crippen molar-refractivity contribution in [2.75, 3.05) is 19.8 Å². The zero-order valence-electron chi connectivity index (χ0n) is 10.9. The Balaban J connectivity index is 2.17. The average Bonchev–Trinajstić information content (AvgIpc) is 2.42. The Morgan fingerprint density at radius 1 is 1.47 bits per heavy atom. The van der Waals surface area contributed by atoms with Gasteiger partial charge in [-0.1, -0.05) is 11.6 Å². The van der Waals surface area contributed by atoms with Gasteiger partial charge in [-0.05, 0) is 31.9 Å². The molecule has 1 aliphatic heterocycles. The fourth-order valence-corrected chi connectivity index (χ4v) is 2.21. The van der Waals surface area contributed by atoms with Crippen molar-refractivity contribution >= 4 is 5.91 Å². The molecule has 0 spiro atoms. The molecule has 0 radical (unpaired) electrons. The summed E-state index contributed by atoms with van der Waals surface area (Å²) in [6.07, 6.45) is 1.06. The summed E-state index contributed by atoms with van der Waals surface area (Å²) in [7, 11) is 0. The van der Waals surface area contributed by atoms with E-state index in [1.165, 1.54) is 12.1 Å². The highest BCUT2D eigenvalue weighted by atomic mass is 19.1. The summed E-state index contributed by atoms with van der Waals surface area (Å²) < 4.78 is 18.9. The maximum absolute atomic E-state index is 13.7. The summed E-state index contributed by atoms with van der Waals surface area (Å²) in [4.78, 5) is 12.1. The van der Waals surface area contributed by atoms with Gasteiger partial charge in [0.2, 0.25) is 0 Å². The second-order valence-corrected chi connectivity index (χ2v) is 4.99. The highest BCUT2D eigenvalue weighted by Gasteiger charge is 2.34. The van der Waals surface area contributed by atoms with Crippen LogP contribution in [0, 0.1) is 12.7 Å². The molecule has 19 heavy (non-hydrogen) atoms. The number of halogens is 1. The molecule has 1 saturated heterocycles. The molecule has 1 fully saturated rings. The van der Waals surface area contributed by atoms with Crippen LogP contribution in [0.3, 0.4) is 0 Å². The minimum absolute atomic E-state index is 0.0133. The van der Waals surface area contributed by atoms with Gasteiger partial charge < -0.3 is 15.2 Å². The third-order valence-electron chi connectivity index (χ3n) is 3.50. The summed E-state index contributed by atoms with van der Waals surface area (Å²) in [5.74, 6) is -1.04. The molecule has 0 aliphatic carbocycles. The van der Waals surface area contributed by atoms with Crippen LogP contribution < -0.4 is 5.32 Å². The van der Waals surface area contributed by atoms with E-state index >= 15 is 0 Å². The van der Waals surface area contributed by atoms with Crippen LogP contribution in [0.1, 0.15) is 28.8 Å². The van der Waals surface area contributed by atoms with Gasteiger partial charge in [0, 0.05) is 13.2 Å². The Morgan fingerprint density at radius 3 is 2.79 bits per heavy atom. The number of aliphatic hydroxyl groups is 1. The number of nitrogens with one attached hydrogen (secondary N) is 1. The van der Waals surface area contributed by atoms with Gasteiger partial charge >= 0.3 is 0 Å². The number of carbonyl (C=O) groups excluding carboxylic acids is 1. The van der Waals surface area contributed by atoms with E-state index in [-0.39, 0.29) is 12.2 Å². The molecule has 2 rings (SSSR count). The van der Waals surface area contributed by atoms with Crippen LogP contribution in [0.15, 0.2) is 18.2 Å². The minimum Gasteiger partial charge on any atom is -0.394 e. The first-order valence-corrected chi connectivity index (χ1v) is 6.34. The van der Waals surface area contributed by atoms with Crippen molar-refractivity contribution in [3.63, 3.8) is 0 Å². The number of rotatable bonds is 3. The summed E-state index contributed by atoms with van der Waals surface area (Å²) in [6.45, 7) is 2.59. The van der Waals surface area contributed by atoms with Gasteiger partial charge in [0.25, 0.3) is 5.91 Å². The predicted octanol–water partition coefficient (Wildman–Crippen LogP) is 1.41. The fourth-order valence-electron chi connectivity index (χ4n) is 2.21. The first kappa shape index (κ1) is 14.0. The lowest BCUT2D eigenvalue weighted by molar-refractivity contribution is 0.0124. The maximum Gasteiger partial charge on any atom is 0.254 e. The van der Waals surface area contributed by atoms with Gasteiger partial charge in [-0.15, -0.1) is 0 Å². The first-order valence-electron chi connectivity index (χ1n) is 6.34. The number of carbonyl (C=O) groups is 1. The Kier molecular flexibility index (Phi) is 4.17. The molecule has 0 aromatic heterocycles. The molecule has 1 heterocycles. The van der Waals surface area contributed by atoms with Crippen LogP contribution in [0.4, 0.5) is 4.39 Å². The van der Waals surface area contributed by atoms with Crippen LogP contribution in [-0.2, 0) is 4.74 Å². The SMILES string of the molecule is Cc1ccc(F)c(C(=O)NC2(CO)CCOCC2)c1. The smallest absolute Gasteiger partial charge is 0.254 e. The summed E-state index contributed by atoms with van der Waals surface area (Å²) in [5.41, 5.74) is 0.127. The van der Waals surface area contributed by atoms with Crippen molar-refractivity contribution in [3.8, 4) is 0 Å². The number of hydrogen-bond acceptors (Lipinski definition) is 3. The Labute approximate surface area is 111 Å². The predicted molar refractivity (Wildman–Crippen MR) is 68.5 cm³/mol. The van der Waals surface area contributed by atoms with Crippen LogP contribution in [0.5, 0.6) is 0 Å². The number of aliphatic hydroxyl groups excluding tert-OH is 1. The molecule has 0 atom stereocenters. The van der Waals surface area contributed by atoms with Gasteiger partial charge in [0.15, 0.2) is 0 Å². The lowest BCUT2D eigenvalue weighted by Gasteiger charge is -2.36. The molecule has 104 valence electrons. The van der Waals surface area contributed by atoms with E-state index in [0.717, 1.165) is 5.56 Å². The number of hydrogen-bond donors (Lipinski definition) is 2. The van der Waals surface area contributed by atoms with E-state index in [9.17, 15) is 14.3 Å². The van der Waals surface area contributed by atoms with E-state index in [1.807, 2.05) is 0 Å². The average molecular weight is 267 g/mol. The van der Waals surface area contributed by atoms with E-state index in [4.69, 9.17) is 4.74 Å². The normalized spacial score (nSPS) is 18.1. The van der Waals surface area contributed by atoms with Gasteiger partial charge in [0.05, 0.1) is 17.7 Å². The standard InChI is InChI=1S/C14H18FNO3/c1-10-2-3-12(15)11(8-10)13(18)16-14(9-17)4-6-19-7-5-14/h2-3,8,17H,4-7,9H2,1H3,(H,16,18). The fraction of sp³-hybridized carbons (Fsp3) is 0.500. The molecular weight excluding hydrogens is 249 g/mol. The molecule has 0 bridgehead atoms. The van der Waals surface area contributed by atoms with E-state index in [0.29, 0.717) is 26.1 Å². The van der Waals surface area contributed by atoms with Crippen molar-refractivity contribution < 1.29 is 19.0 Å². The largest absolute Gasteiger partial charge is 0.394 e. The van der Waals surface area contributed by atoms with Crippen molar-refractivity contribution in [1.29, 1.82) is 0 Å². The monoisotopic (exact) mass is 267 g/mol. The molecule has 1 amide bonds. The van der Waals surface area contributed by atoms with Crippen LogP contribution in [0.2, 0.25) is 0 Å². The van der Waals surface area contributed by atoms with Crippen molar-refractivity contribution in [2.24, 2.45) is 0 Å². The zero-order chi connectivity index (χ0) is 13.9. The summed E-state index contributed by atoms with van der Waals surface area (Å²) in [6, 6.07) is 4.40. The maximum atomic E-state index is 13.7. The molecule has 5 heteroatoms. The quantitative estimate of drug-likeness (QED) is 0.870. The Hall–Kier alpha value is -1.46. The van der Waals surface area contributed by atoms with Crippen LogP contribution in [0.25, 0.3) is 0 Å². The second kappa shape index (κ2) is 5.67. The second-order valence-electron chi connectivity index (χ2n) is 4.99. The van der Waals surface area contributed by atoms with Gasteiger partial charge in [-0.3, -0.25) is 4.79 Å². The Morgan fingerprint density at radius 2 is 2.16 bits per heavy atom. The molecule has 1 aliphatic rings. The number of aryl methyl sites for hydroxylation is 1. The lowest BCUT2D eigenvalue weighted by Crippen LogP contribution is -2.54. The molecule has 4 nitrogen and oxygen atoms in total. The zero-order valence-corrected chi connectivity index (χ0v) is 10.9. The highest BCUT2D eigenvalue weighted by Crippen LogP contribution is 2.21. The lowest BCUT2D eigenvalue weighted by atomic mass is 9.90. The van der Waals surface area contributed by atoms with Crippen LogP contribution >= 0.6 is 0 Å². The minimum atomic E-state index is -0.703.